The molecule has 0 aliphatic carbocycles. The van der Waals surface area contributed by atoms with Crippen LogP contribution in [-0.4, -0.2) is 54.6 Å². The first-order chi connectivity index (χ1) is 13.7. The second-order valence-corrected chi connectivity index (χ2v) is 6.47. The van der Waals surface area contributed by atoms with E-state index in [-0.39, 0.29) is 0 Å². The zero-order valence-corrected chi connectivity index (χ0v) is 14.6. The van der Waals surface area contributed by atoms with Crippen LogP contribution in [0.3, 0.4) is 0 Å². The van der Waals surface area contributed by atoms with E-state index >= 15 is 0 Å². The lowest BCUT2D eigenvalue weighted by atomic mass is 10.1. The Morgan fingerprint density at radius 2 is 1.90 bits per heavy atom. The third-order valence-corrected chi connectivity index (χ3v) is 4.36. The molecule has 3 heterocycles. The van der Waals surface area contributed by atoms with Crippen molar-refractivity contribution in [3.8, 4) is 0 Å². The summed E-state index contributed by atoms with van der Waals surface area (Å²) in [6.45, 7) is -1.02. The molecule has 4 N–H and O–H groups in total. The number of carbonyl (C=O) groups excluding carboxylic acids is 1. The molecule has 166 valence electrons. The maximum atomic E-state index is 12.7. The highest BCUT2D eigenvalue weighted by Crippen LogP contribution is 2.34. The number of fused-ring (bicyclic) bond motifs is 1. The van der Waals surface area contributed by atoms with Gasteiger partial charge in [0.25, 0.3) is 11.3 Å². The molecule has 3 rings (SSSR count). The zero-order chi connectivity index (χ0) is 22.6. The quantitative estimate of drug-likeness (QED) is 0.570. The Labute approximate surface area is 160 Å². The van der Waals surface area contributed by atoms with Crippen LogP contribution in [0.4, 0.5) is 32.3 Å². The number of nitrogen functional groups attached to an aromatic ring is 1. The molecule has 10 nitrogen and oxygen atoms in total. The number of aryl methyl sites for hydroxylation is 1. The van der Waals surface area contributed by atoms with Gasteiger partial charge in [-0.25, -0.2) is 9.36 Å². The van der Waals surface area contributed by atoms with Gasteiger partial charge < -0.3 is 15.6 Å². The minimum absolute atomic E-state index is 0.392. The van der Waals surface area contributed by atoms with Gasteiger partial charge in [-0.1, -0.05) is 0 Å². The molecule has 0 spiro atoms. The van der Waals surface area contributed by atoms with Crippen molar-refractivity contribution >= 4 is 22.9 Å². The van der Waals surface area contributed by atoms with E-state index in [1.807, 2.05) is 4.98 Å². The number of anilines is 1. The lowest BCUT2D eigenvalue weighted by molar-refractivity contribution is -0.183. The van der Waals surface area contributed by atoms with Crippen molar-refractivity contribution in [2.45, 2.75) is 50.2 Å². The van der Waals surface area contributed by atoms with E-state index in [4.69, 9.17) is 10.5 Å². The summed E-state index contributed by atoms with van der Waals surface area (Å²) in [5.74, 6) is -2.87. The molecule has 0 radical (unpaired) electrons. The molecule has 2 aromatic rings. The number of nitrogens with zero attached hydrogens (tertiary/aromatic N) is 3. The number of aliphatic hydroxyl groups is 1. The lowest BCUT2D eigenvalue weighted by Crippen LogP contribution is -2.35. The van der Waals surface area contributed by atoms with Gasteiger partial charge in [0.05, 0.1) is 6.42 Å². The zero-order valence-electron chi connectivity index (χ0n) is 14.6. The van der Waals surface area contributed by atoms with Gasteiger partial charge in [0.1, 0.15) is 12.2 Å². The summed E-state index contributed by atoms with van der Waals surface area (Å²) < 4.78 is 81.5. The summed E-state index contributed by atoms with van der Waals surface area (Å²) >= 11 is 0. The number of Topliss-reactive ketones (excluding diaryl/α,β-unsaturated/α-hetero) is 1. The van der Waals surface area contributed by atoms with Crippen molar-refractivity contribution < 1.29 is 41.0 Å². The van der Waals surface area contributed by atoms with Crippen molar-refractivity contribution in [3.63, 3.8) is 0 Å². The summed E-state index contributed by atoms with van der Waals surface area (Å²) in [7, 11) is 0. The molecule has 0 unspecified atom stereocenters. The molecule has 3 atom stereocenters. The van der Waals surface area contributed by atoms with Crippen LogP contribution in [0.25, 0.3) is 11.2 Å². The Hall–Kier alpha value is -2.88. The molecule has 1 aliphatic heterocycles. The number of ether oxygens (including phenoxy) is 1. The number of ketones is 1. The second-order valence-electron chi connectivity index (χ2n) is 6.47. The van der Waals surface area contributed by atoms with Gasteiger partial charge in [-0.05, 0) is 0 Å². The Morgan fingerprint density at radius 3 is 2.47 bits per heavy atom. The number of H-pyrrole nitrogens is 1. The lowest BCUT2D eigenvalue weighted by Gasteiger charge is -2.16. The number of imidazole rings is 1. The number of aromatic nitrogens is 4. The summed E-state index contributed by atoms with van der Waals surface area (Å²) in [6.07, 6.45) is -18.3. The van der Waals surface area contributed by atoms with Crippen LogP contribution in [-0.2, 0) is 16.1 Å². The number of nitrogens with two attached hydrogens (primary N) is 1. The number of halogens is 6. The standard InChI is InChI=1S/C14H13F6N5O5/c15-13(16,17)1-2-24-6-8(22-11(21)23-9(6)28)25(12(24)29)10-4(26)3-5(30-10)7(27)14(18,19)20/h4-5,10,26H,1-3H2,(H3,21,22,23,28)/t4-,5+,10-/m1/s1. The molecule has 2 aromatic heterocycles. The smallest absolute Gasteiger partial charge is 0.388 e. The summed E-state index contributed by atoms with van der Waals surface area (Å²) in [6, 6.07) is 0. The minimum Gasteiger partial charge on any atom is -0.388 e. The second kappa shape index (κ2) is 7.12. The van der Waals surface area contributed by atoms with Crippen LogP contribution in [0, 0.1) is 0 Å². The summed E-state index contributed by atoms with van der Waals surface area (Å²) in [5, 5.41) is 10.1. The van der Waals surface area contributed by atoms with Gasteiger partial charge in [0.15, 0.2) is 17.4 Å². The number of aromatic amines is 1. The molecule has 1 saturated heterocycles. The highest BCUT2D eigenvalue weighted by Gasteiger charge is 2.50. The molecular formula is C14H13F6N5O5. The van der Waals surface area contributed by atoms with Crippen LogP contribution >= 0.6 is 0 Å². The molecule has 0 saturated carbocycles. The van der Waals surface area contributed by atoms with Gasteiger partial charge in [0, 0.05) is 13.0 Å². The van der Waals surface area contributed by atoms with Gasteiger partial charge in [0.2, 0.25) is 5.95 Å². The number of alkyl halides is 6. The van der Waals surface area contributed by atoms with E-state index < -0.39 is 84.3 Å². The van der Waals surface area contributed by atoms with E-state index in [2.05, 4.69) is 4.98 Å². The number of aliphatic hydroxyl groups excluding tert-OH is 1. The number of rotatable bonds is 4. The van der Waals surface area contributed by atoms with E-state index in [0.29, 0.717) is 9.13 Å². The monoisotopic (exact) mass is 445 g/mol. The highest BCUT2D eigenvalue weighted by molar-refractivity contribution is 5.88. The van der Waals surface area contributed by atoms with Gasteiger partial charge >= 0.3 is 18.0 Å². The maximum absolute atomic E-state index is 12.7. The van der Waals surface area contributed by atoms with Crippen LogP contribution in [0.1, 0.15) is 19.1 Å². The molecule has 0 aromatic carbocycles. The topological polar surface area (TPSA) is 145 Å². The third kappa shape index (κ3) is 3.91. The molecule has 1 aliphatic rings. The van der Waals surface area contributed by atoms with Gasteiger partial charge in [-0.2, -0.15) is 31.3 Å². The summed E-state index contributed by atoms with van der Waals surface area (Å²) in [5.41, 5.74) is 1.70. The van der Waals surface area contributed by atoms with Crippen molar-refractivity contribution in [2.24, 2.45) is 0 Å². The van der Waals surface area contributed by atoms with Crippen molar-refractivity contribution in [3.05, 3.63) is 20.8 Å². The average molecular weight is 445 g/mol. The number of hydrogen-bond acceptors (Lipinski definition) is 7. The van der Waals surface area contributed by atoms with Gasteiger partial charge in [-0.15, -0.1) is 0 Å². The maximum Gasteiger partial charge on any atom is 0.452 e. The molecule has 1 fully saturated rings. The molecule has 16 heteroatoms. The molecule has 30 heavy (non-hydrogen) atoms. The van der Waals surface area contributed by atoms with E-state index in [0.717, 1.165) is 0 Å². The summed E-state index contributed by atoms with van der Waals surface area (Å²) in [4.78, 5) is 41.9. The molecule has 0 bridgehead atoms. The first-order valence-electron chi connectivity index (χ1n) is 8.22. The Kier molecular flexibility index (Phi) is 5.18. The highest BCUT2D eigenvalue weighted by atomic mass is 19.4. The van der Waals surface area contributed by atoms with Crippen LogP contribution in [0.2, 0.25) is 0 Å². The fraction of sp³-hybridized carbons (Fsp3) is 0.571. The number of carbonyl (C=O) groups is 1. The van der Waals surface area contributed by atoms with E-state index in [9.17, 15) is 45.8 Å². The normalized spacial score (nSPS) is 22.7. The predicted molar refractivity (Wildman–Crippen MR) is 85.3 cm³/mol. The Bertz CT molecular complexity index is 1100. The van der Waals surface area contributed by atoms with E-state index in [1.165, 1.54) is 0 Å². The van der Waals surface area contributed by atoms with Crippen molar-refractivity contribution in [2.75, 3.05) is 5.73 Å². The van der Waals surface area contributed by atoms with Crippen LogP contribution in [0.15, 0.2) is 9.59 Å². The first-order valence-corrected chi connectivity index (χ1v) is 8.22. The van der Waals surface area contributed by atoms with E-state index in [1.54, 1.807) is 0 Å². The van der Waals surface area contributed by atoms with Gasteiger partial charge in [-0.3, -0.25) is 19.1 Å². The minimum atomic E-state index is -5.29. The number of nitrogens with one attached hydrogen (secondary N) is 1. The van der Waals surface area contributed by atoms with Crippen LogP contribution in [0.5, 0.6) is 0 Å². The Balaban J connectivity index is 2.12. The number of hydrogen-bond donors (Lipinski definition) is 3. The average Bonchev–Trinajstić information content (AvgIpc) is 3.08. The van der Waals surface area contributed by atoms with Crippen molar-refractivity contribution in [1.82, 2.24) is 19.1 Å². The third-order valence-electron chi connectivity index (χ3n) is 4.36. The molecule has 0 amide bonds. The Morgan fingerprint density at radius 1 is 1.27 bits per heavy atom. The fourth-order valence-corrected chi connectivity index (χ4v) is 3.11. The first kappa shape index (κ1) is 21.8. The van der Waals surface area contributed by atoms with Crippen LogP contribution < -0.4 is 17.0 Å². The largest absolute Gasteiger partial charge is 0.452 e. The molecular weight excluding hydrogens is 432 g/mol. The predicted octanol–water partition coefficient (Wildman–Crippen LogP) is 0.201. The SMILES string of the molecule is Nc1nc2c(c(=O)[nH]1)n(CCC(F)(F)F)c(=O)n2[C@@H]1O[C@H](C(=O)C(F)(F)F)C[C@H]1O. The fourth-order valence-electron chi connectivity index (χ4n) is 3.11. The van der Waals surface area contributed by atoms with Crippen molar-refractivity contribution in [1.29, 1.82) is 0 Å².